The van der Waals surface area contributed by atoms with Gasteiger partial charge in [0.25, 0.3) is 0 Å². The van der Waals surface area contributed by atoms with Gasteiger partial charge in [-0.05, 0) is 35.4 Å². The molecule has 16 heteroatoms. The molecule has 0 bridgehead atoms. The molecular formula is C28H44ClF3N7O5+. The van der Waals surface area contributed by atoms with Crippen LogP contribution >= 0.6 is 11.6 Å². The number of ketones is 1. The molecule has 5 unspecified atom stereocenters. The molecule has 3 heterocycles. The molecule has 12 nitrogen and oxygen atoms in total. The van der Waals surface area contributed by atoms with Crippen molar-refractivity contribution < 1.29 is 41.8 Å². The third-order valence-electron chi connectivity index (χ3n) is 8.41. The van der Waals surface area contributed by atoms with E-state index in [0.29, 0.717) is 50.8 Å². The van der Waals surface area contributed by atoms with E-state index >= 15 is 0 Å². The molecule has 1 aromatic carbocycles. The zero-order chi connectivity index (χ0) is 32.6. The summed E-state index contributed by atoms with van der Waals surface area (Å²) in [4.78, 5) is 35.9. The number of halogens is 4. The molecule has 3 aliphatic heterocycles. The summed E-state index contributed by atoms with van der Waals surface area (Å²) in [5.74, 6) is -2.41. The number of Topliss-reactive ketones (excluding diaryl/α,β-unsaturated/α-hetero) is 1. The summed E-state index contributed by atoms with van der Waals surface area (Å²) < 4.78 is 51.1. The van der Waals surface area contributed by atoms with Gasteiger partial charge in [0.05, 0.1) is 26.0 Å². The standard InChI is InChI=1S/C28H44ClF3N7O5/c1-7-36(8-2)20-15-22-38(34-24(20)29)26(33)35-39(22,44-25(41)28(30,31)32)16-21(40)17-13-18(27(3,4)5)23(42-6)19(14-17)37-9-11-43-12-10-37/h13-14,20,22,24,26,34-35H,7-12,15-16,33H2,1-6H3/q+1. The zero-order valence-corrected chi connectivity index (χ0v) is 26.8. The maximum atomic E-state index is 14.2. The smallest absolute Gasteiger partial charge is 0.494 e. The molecule has 44 heavy (non-hydrogen) atoms. The number of anilines is 1. The van der Waals surface area contributed by atoms with Crippen LogP contribution in [0.2, 0.25) is 0 Å². The summed E-state index contributed by atoms with van der Waals surface area (Å²) in [5, 5.41) is 1.42. The van der Waals surface area contributed by atoms with Gasteiger partial charge in [0.1, 0.15) is 11.3 Å². The second-order valence-corrected chi connectivity index (χ2v) is 12.7. The number of hydrazine groups is 1. The van der Waals surface area contributed by atoms with E-state index in [-0.39, 0.29) is 18.0 Å². The Labute approximate surface area is 260 Å². The van der Waals surface area contributed by atoms with Crippen LogP contribution in [0.25, 0.3) is 0 Å². The number of nitrogens with zero attached hydrogens (tertiary/aromatic N) is 4. The molecule has 3 fully saturated rings. The summed E-state index contributed by atoms with van der Waals surface area (Å²) in [7, 11) is 1.56. The Morgan fingerprint density at radius 2 is 1.82 bits per heavy atom. The number of quaternary nitrogens is 1. The fourth-order valence-electron chi connectivity index (χ4n) is 6.16. The molecule has 0 aliphatic carbocycles. The van der Waals surface area contributed by atoms with Crippen LogP contribution in [-0.2, 0) is 19.8 Å². The fraction of sp³-hybridized carbons (Fsp3) is 0.714. The van der Waals surface area contributed by atoms with Crippen molar-refractivity contribution in [3.8, 4) is 5.75 Å². The Kier molecular flexibility index (Phi) is 10.4. The van der Waals surface area contributed by atoms with Crippen LogP contribution in [-0.4, -0.2) is 110 Å². The Morgan fingerprint density at radius 3 is 2.36 bits per heavy atom. The molecule has 1 aromatic rings. The Hall–Kier alpha value is -2.24. The SMILES string of the molecule is CCN(CC)C1CC2N(NC1Cl)C(N)N[N+]2(CC(=O)c1cc(N2CCOCC2)c(OC)c(C(C)(C)C)c1)OC(=O)C(F)(F)F. The molecule has 0 aromatic heterocycles. The van der Waals surface area contributed by atoms with Crippen LogP contribution in [0.15, 0.2) is 12.1 Å². The zero-order valence-electron chi connectivity index (χ0n) is 26.0. The van der Waals surface area contributed by atoms with Gasteiger partial charge in [-0.2, -0.15) is 13.2 Å². The van der Waals surface area contributed by atoms with Crippen LogP contribution in [0.1, 0.15) is 57.0 Å². The van der Waals surface area contributed by atoms with Gasteiger partial charge in [-0.3, -0.25) is 15.4 Å². The van der Waals surface area contributed by atoms with Gasteiger partial charge in [0.2, 0.25) is 18.5 Å². The number of methoxy groups -OCH3 is 1. The first-order chi connectivity index (χ1) is 20.6. The number of likely N-dealkylation sites (N-methyl/N-ethyl adjacent to an activating group) is 1. The lowest BCUT2D eigenvalue weighted by molar-refractivity contribution is -1.13. The highest BCUT2D eigenvalue weighted by Crippen LogP contribution is 2.41. The molecule has 3 saturated heterocycles. The number of benzene rings is 1. The summed E-state index contributed by atoms with van der Waals surface area (Å²) in [6.07, 6.45) is -7.31. The Bertz CT molecular complexity index is 1210. The highest BCUT2D eigenvalue weighted by molar-refractivity contribution is 6.20. The predicted octanol–water partition coefficient (Wildman–Crippen LogP) is 2.42. The van der Waals surface area contributed by atoms with E-state index < -0.39 is 52.6 Å². The molecule has 0 spiro atoms. The summed E-state index contributed by atoms with van der Waals surface area (Å²) >= 11 is 6.65. The van der Waals surface area contributed by atoms with Crippen molar-refractivity contribution in [2.45, 2.75) is 76.6 Å². The first-order valence-corrected chi connectivity index (χ1v) is 15.2. The van der Waals surface area contributed by atoms with Crippen molar-refractivity contribution in [3.05, 3.63) is 23.3 Å². The van der Waals surface area contributed by atoms with Gasteiger partial charge in [-0.15, -0.1) is 16.6 Å². The van der Waals surface area contributed by atoms with Crippen molar-refractivity contribution in [3.63, 3.8) is 0 Å². The van der Waals surface area contributed by atoms with Crippen LogP contribution in [0.3, 0.4) is 0 Å². The first-order valence-electron chi connectivity index (χ1n) is 14.8. The van der Waals surface area contributed by atoms with E-state index in [9.17, 15) is 22.8 Å². The third-order valence-corrected chi connectivity index (χ3v) is 8.80. The minimum absolute atomic E-state index is 0.150. The van der Waals surface area contributed by atoms with Gasteiger partial charge in [-0.25, -0.2) is 15.1 Å². The van der Waals surface area contributed by atoms with E-state index in [4.69, 9.17) is 31.6 Å². The van der Waals surface area contributed by atoms with Crippen LogP contribution in [0.5, 0.6) is 5.75 Å². The Balaban J connectivity index is 1.79. The van der Waals surface area contributed by atoms with Crippen molar-refractivity contribution in [2.75, 3.05) is 57.9 Å². The molecule has 3 aliphatic rings. The van der Waals surface area contributed by atoms with E-state index in [0.717, 1.165) is 5.56 Å². The topological polar surface area (TPSA) is 122 Å². The number of carbonyl (C=O) groups is 2. The van der Waals surface area contributed by atoms with Crippen LogP contribution in [0, 0.1) is 0 Å². The van der Waals surface area contributed by atoms with E-state index in [1.807, 2.05) is 39.5 Å². The number of fused-ring (bicyclic) bond motifs is 1. The van der Waals surface area contributed by atoms with Crippen molar-refractivity contribution in [1.29, 1.82) is 0 Å². The quantitative estimate of drug-likeness (QED) is 0.158. The average Bonchev–Trinajstić information content (AvgIpc) is 3.21. The van der Waals surface area contributed by atoms with Gasteiger partial charge < -0.3 is 14.4 Å². The lowest BCUT2D eigenvalue weighted by atomic mass is 9.84. The first kappa shape index (κ1) is 34.6. The number of ether oxygens (including phenoxy) is 2. The third kappa shape index (κ3) is 6.94. The van der Waals surface area contributed by atoms with E-state index in [2.05, 4.69) is 15.8 Å². The van der Waals surface area contributed by atoms with Crippen LogP contribution < -0.4 is 26.2 Å². The van der Waals surface area contributed by atoms with Gasteiger partial charge >= 0.3 is 12.1 Å². The molecule has 248 valence electrons. The molecule has 5 atom stereocenters. The minimum atomic E-state index is -5.31. The van der Waals surface area contributed by atoms with Crippen LogP contribution in [0.4, 0.5) is 18.9 Å². The lowest BCUT2D eigenvalue weighted by Crippen LogP contribution is -2.69. The van der Waals surface area contributed by atoms with Crippen molar-refractivity contribution in [1.82, 2.24) is 20.8 Å². The average molecular weight is 651 g/mol. The number of nitrogens with one attached hydrogen (secondary N) is 2. The number of hydroxylamine groups is 2. The second kappa shape index (κ2) is 13.2. The van der Waals surface area contributed by atoms with Gasteiger partial charge in [-0.1, -0.05) is 40.0 Å². The van der Waals surface area contributed by atoms with Gasteiger partial charge in [0, 0.05) is 36.7 Å². The number of alkyl halides is 4. The molecular weight excluding hydrogens is 607 g/mol. The second-order valence-electron chi connectivity index (χ2n) is 12.2. The molecule has 0 radical (unpaired) electrons. The summed E-state index contributed by atoms with van der Waals surface area (Å²) in [6.45, 7) is 12.5. The number of hydrogen-bond acceptors (Lipinski definition) is 11. The summed E-state index contributed by atoms with van der Waals surface area (Å²) in [6, 6.07) is 3.00. The maximum Gasteiger partial charge on any atom is 0.497 e. The summed E-state index contributed by atoms with van der Waals surface area (Å²) in [5.41, 5.74) is 12.6. The Morgan fingerprint density at radius 1 is 1.18 bits per heavy atom. The molecule has 0 amide bonds. The number of hydrogen-bond donors (Lipinski definition) is 3. The predicted molar refractivity (Wildman–Crippen MR) is 157 cm³/mol. The molecule has 4 N–H and O–H groups in total. The largest absolute Gasteiger partial charge is 0.497 e. The fourth-order valence-corrected chi connectivity index (χ4v) is 6.53. The van der Waals surface area contributed by atoms with Crippen molar-refractivity contribution >= 4 is 29.0 Å². The number of nitrogens with two attached hydrogens (primary N) is 1. The highest BCUT2D eigenvalue weighted by atomic mass is 35.5. The van der Waals surface area contributed by atoms with E-state index in [1.165, 1.54) is 5.01 Å². The highest BCUT2D eigenvalue weighted by Gasteiger charge is 2.63. The number of rotatable bonds is 9. The van der Waals surface area contributed by atoms with Gasteiger partial charge in [0.15, 0.2) is 6.29 Å². The minimum Gasteiger partial charge on any atom is -0.494 e. The maximum absolute atomic E-state index is 14.2. The molecule has 0 saturated carbocycles. The number of carbonyl (C=O) groups excluding carboxylic acids is 2. The molecule has 4 rings (SSSR count). The monoisotopic (exact) mass is 650 g/mol. The normalized spacial score (nSPS) is 28.2. The number of morpholine rings is 1. The van der Waals surface area contributed by atoms with Crippen molar-refractivity contribution in [2.24, 2.45) is 5.73 Å². The lowest BCUT2D eigenvalue weighted by Gasteiger charge is -2.44. The van der Waals surface area contributed by atoms with E-state index in [1.54, 1.807) is 19.2 Å².